The number of aliphatic hydroxyl groups excluding tert-OH is 3. The molecular weight excluding hydrogens is 748 g/mol. The molecule has 58 heavy (non-hydrogen) atoms. The molecule has 0 aromatic rings. The van der Waals surface area contributed by atoms with Gasteiger partial charge in [-0.05, 0) is 95.1 Å². The van der Waals surface area contributed by atoms with Crippen LogP contribution in [0, 0.1) is 23.7 Å². The number of carboxylic acid groups (broad SMARTS) is 1. The van der Waals surface area contributed by atoms with Crippen LogP contribution in [0.15, 0.2) is 36.0 Å². The van der Waals surface area contributed by atoms with Crippen LogP contribution in [-0.4, -0.2) is 122 Å². The van der Waals surface area contributed by atoms with Crippen molar-refractivity contribution in [2.45, 2.75) is 209 Å². The van der Waals surface area contributed by atoms with E-state index in [0.29, 0.717) is 62.4 Å². The first-order valence-corrected chi connectivity index (χ1v) is 22.1. The van der Waals surface area contributed by atoms with Crippen molar-refractivity contribution in [2.75, 3.05) is 6.61 Å². The van der Waals surface area contributed by atoms with Gasteiger partial charge in [-0.2, -0.15) is 0 Å². The summed E-state index contributed by atoms with van der Waals surface area (Å²) in [7, 11) is 0. The summed E-state index contributed by atoms with van der Waals surface area (Å²) in [6, 6.07) is 0. The molecule has 7 rings (SSSR count). The third-order valence-corrected chi connectivity index (χ3v) is 14.5. The minimum absolute atomic E-state index is 0.0385. The topological polar surface area (TPSA) is 183 Å². The molecule has 0 saturated carbocycles. The molecule has 18 atom stereocenters. The van der Waals surface area contributed by atoms with Gasteiger partial charge in [-0.1, -0.05) is 52.0 Å². The van der Waals surface area contributed by atoms with E-state index < -0.39 is 71.7 Å². The van der Waals surface area contributed by atoms with Crippen LogP contribution in [0.25, 0.3) is 0 Å². The Hall–Kier alpha value is -1.75. The van der Waals surface area contributed by atoms with Gasteiger partial charge in [-0.3, -0.25) is 0 Å². The van der Waals surface area contributed by atoms with E-state index in [4.69, 9.17) is 33.2 Å². The number of carbonyl (C=O) groups is 1. The smallest absolute Gasteiger partial charge is 0.335 e. The van der Waals surface area contributed by atoms with Crippen molar-refractivity contribution in [3.8, 4) is 0 Å². The van der Waals surface area contributed by atoms with Crippen molar-refractivity contribution >= 4 is 5.97 Å². The van der Waals surface area contributed by atoms with Gasteiger partial charge in [0, 0.05) is 37.5 Å². The number of carboxylic acids is 1. The first-order chi connectivity index (χ1) is 27.3. The van der Waals surface area contributed by atoms with Crippen molar-refractivity contribution in [3.05, 3.63) is 36.0 Å². The van der Waals surface area contributed by atoms with E-state index >= 15 is 0 Å². The minimum Gasteiger partial charge on any atom is -0.479 e. The molecule has 7 heterocycles. The minimum atomic E-state index is -1.96. The number of hydrogen-bond acceptors (Lipinski definition) is 12. The molecule has 18 unspecified atom stereocenters. The summed E-state index contributed by atoms with van der Waals surface area (Å²) in [5.41, 5.74) is -0.554. The summed E-state index contributed by atoms with van der Waals surface area (Å²) in [5, 5.41) is 54.1. The van der Waals surface area contributed by atoms with E-state index in [1.165, 1.54) is 6.92 Å². The monoisotopic (exact) mass is 818 g/mol. The van der Waals surface area contributed by atoms with Crippen molar-refractivity contribution in [1.82, 2.24) is 0 Å². The zero-order chi connectivity index (χ0) is 41.8. The van der Waals surface area contributed by atoms with Crippen LogP contribution in [-0.2, 0) is 38.0 Å². The third kappa shape index (κ3) is 8.93. The van der Waals surface area contributed by atoms with Gasteiger partial charge in [-0.15, -0.1) is 0 Å². The molecule has 0 aliphatic carbocycles. The lowest BCUT2D eigenvalue weighted by molar-refractivity contribution is -0.334. The van der Waals surface area contributed by atoms with Crippen LogP contribution in [0.1, 0.15) is 125 Å². The fourth-order valence-electron chi connectivity index (χ4n) is 10.9. The molecule has 0 radical (unpaired) electrons. The second-order valence-electron chi connectivity index (χ2n) is 19.4. The number of ether oxygens (including phenoxy) is 7. The molecule has 328 valence electrons. The Morgan fingerprint density at radius 1 is 1.02 bits per heavy atom. The highest BCUT2D eigenvalue weighted by molar-refractivity contribution is 5.76. The van der Waals surface area contributed by atoms with Gasteiger partial charge in [0.2, 0.25) is 5.79 Å². The van der Waals surface area contributed by atoms with Crippen LogP contribution in [0.4, 0.5) is 0 Å². The van der Waals surface area contributed by atoms with Crippen molar-refractivity contribution in [3.63, 3.8) is 0 Å². The normalized spacial score (nSPS) is 46.1. The SMILES string of the molecule is C=C1C(O)C2OC3(CCC(/C=C/C(C)C4CC(C)=CC5(OC(CC(C)(O)C(=O)O)CCC5O)O4)O3)CCC2OC1C(O)CC(C)C1OC2(CCC1C)OCCCC2C. The number of aliphatic hydroxyl groups is 4. The second kappa shape index (κ2) is 17.2. The molecular formula is C45H70O13. The number of hydrogen-bond donors (Lipinski definition) is 5. The van der Waals surface area contributed by atoms with Crippen LogP contribution in [0.3, 0.4) is 0 Å². The van der Waals surface area contributed by atoms with E-state index in [2.05, 4.69) is 33.4 Å². The fourth-order valence-corrected chi connectivity index (χ4v) is 10.9. The Balaban J connectivity index is 0.922. The van der Waals surface area contributed by atoms with Crippen molar-refractivity contribution in [2.24, 2.45) is 23.7 Å². The quantitative estimate of drug-likeness (QED) is 0.176. The molecule has 0 aromatic heterocycles. The molecule has 13 nitrogen and oxygen atoms in total. The van der Waals surface area contributed by atoms with Crippen molar-refractivity contribution < 1.29 is 63.5 Å². The Labute approximate surface area is 344 Å². The maximum absolute atomic E-state index is 11.6. The molecule has 6 saturated heterocycles. The molecule has 3 spiro atoms. The fraction of sp³-hybridized carbons (Fsp3) is 0.844. The molecule has 0 amide bonds. The Morgan fingerprint density at radius 3 is 2.52 bits per heavy atom. The standard InChI is InChI=1S/C45H70O13/c1-25-21-35(56-45(23-25)36(47)13-12-32(55-45)24-42(7,51)41(49)50)26(2)10-11-31-15-17-43(54-31)18-16-34-40(57-43)37(48)30(6)39(53-34)33(46)22-28(4)38-27(3)14-19-44(58-38)29(5)9-8-20-52-44/h10-11,23,26-29,31-40,46-48,51H,6,8-9,12-22,24H2,1-5,7H3,(H,49,50)/b11-10+. The highest BCUT2D eigenvalue weighted by atomic mass is 16.7. The maximum Gasteiger partial charge on any atom is 0.335 e. The summed E-state index contributed by atoms with van der Waals surface area (Å²) in [6.45, 7) is 16.7. The highest BCUT2D eigenvalue weighted by Crippen LogP contribution is 2.48. The summed E-state index contributed by atoms with van der Waals surface area (Å²) in [6.07, 6.45) is 8.36. The molecule has 0 bridgehead atoms. The van der Waals surface area contributed by atoms with Gasteiger partial charge in [0.1, 0.15) is 24.4 Å². The number of fused-ring (bicyclic) bond motifs is 1. The first-order valence-electron chi connectivity index (χ1n) is 22.1. The van der Waals surface area contributed by atoms with Gasteiger partial charge in [0.25, 0.3) is 0 Å². The predicted molar refractivity (Wildman–Crippen MR) is 212 cm³/mol. The van der Waals surface area contributed by atoms with Crippen LogP contribution in [0.5, 0.6) is 0 Å². The summed E-state index contributed by atoms with van der Waals surface area (Å²) < 4.78 is 45.5. The maximum atomic E-state index is 11.6. The lowest BCUT2D eigenvalue weighted by atomic mass is 9.78. The van der Waals surface area contributed by atoms with Gasteiger partial charge in [0.15, 0.2) is 17.2 Å². The van der Waals surface area contributed by atoms with Gasteiger partial charge in [0.05, 0.1) is 43.2 Å². The molecule has 5 N–H and O–H groups in total. The summed E-state index contributed by atoms with van der Waals surface area (Å²) >= 11 is 0. The molecule has 6 fully saturated rings. The van der Waals surface area contributed by atoms with Crippen molar-refractivity contribution in [1.29, 1.82) is 0 Å². The predicted octanol–water partition coefficient (Wildman–Crippen LogP) is 5.46. The second-order valence-corrected chi connectivity index (χ2v) is 19.4. The highest BCUT2D eigenvalue weighted by Gasteiger charge is 2.55. The van der Waals surface area contributed by atoms with Gasteiger partial charge < -0.3 is 58.7 Å². The van der Waals surface area contributed by atoms with Crippen LogP contribution < -0.4 is 0 Å². The average molecular weight is 819 g/mol. The number of aliphatic carboxylic acids is 1. The summed E-state index contributed by atoms with van der Waals surface area (Å²) in [4.78, 5) is 11.6. The Bertz CT molecular complexity index is 1550. The van der Waals surface area contributed by atoms with E-state index in [1.54, 1.807) is 6.08 Å². The lowest BCUT2D eigenvalue weighted by Crippen LogP contribution is -2.60. The van der Waals surface area contributed by atoms with Crippen LogP contribution in [0.2, 0.25) is 0 Å². The molecule has 13 heteroatoms. The van der Waals surface area contributed by atoms with Gasteiger partial charge in [-0.25, -0.2) is 4.79 Å². The first kappa shape index (κ1) is 44.3. The Kier molecular flexibility index (Phi) is 13.1. The van der Waals surface area contributed by atoms with Crippen LogP contribution >= 0.6 is 0 Å². The zero-order valence-corrected chi connectivity index (χ0v) is 35.4. The van der Waals surface area contributed by atoms with E-state index in [-0.39, 0.29) is 36.6 Å². The largest absolute Gasteiger partial charge is 0.479 e. The molecule has 7 aliphatic heterocycles. The lowest BCUT2D eigenvalue weighted by Gasteiger charge is -2.51. The van der Waals surface area contributed by atoms with E-state index in [1.807, 2.05) is 19.9 Å². The average Bonchev–Trinajstić information content (AvgIpc) is 3.57. The molecule has 7 aliphatic rings. The van der Waals surface area contributed by atoms with Gasteiger partial charge >= 0.3 is 5.97 Å². The molecule has 0 aromatic carbocycles. The summed E-state index contributed by atoms with van der Waals surface area (Å²) in [5.74, 6) is -3.56. The third-order valence-electron chi connectivity index (χ3n) is 14.5. The zero-order valence-electron chi connectivity index (χ0n) is 35.4. The van der Waals surface area contributed by atoms with E-state index in [0.717, 1.165) is 44.3 Å². The Morgan fingerprint density at radius 2 is 1.78 bits per heavy atom. The van der Waals surface area contributed by atoms with E-state index in [9.17, 15) is 30.3 Å². The number of rotatable bonds is 10.